The van der Waals surface area contributed by atoms with Gasteiger partial charge in [0.15, 0.2) is 0 Å². The average molecular weight is 249 g/mol. The molecule has 1 heterocycles. The molecule has 1 unspecified atom stereocenters. The van der Waals surface area contributed by atoms with Crippen molar-refractivity contribution in [2.45, 2.75) is 39.5 Å². The highest BCUT2D eigenvalue weighted by atomic mass is 19.1. The molecule has 0 radical (unpaired) electrons. The molecule has 18 heavy (non-hydrogen) atoms. The maximum Gasteiger partial charge on any atom is 0.126 e. The van der Waals surface area contributed by atoms with Gasteiger partial charge in [-0.2, -0.15) is 0 Å². The van der Waals surface area contributed by atoms with E-state index in [1.54, 1.807) is 6.07 Å². The third-order valence-corrected chi connectivity index (χ3v) is 3.84. The predicted molar refractivity (Wildman–Crippen MR) is 74.3 cm³/mol. The van der Waals surface area contributed by atoms with E-state index in [2.05, 4.69) is 17.9 Å². The first kappa shape index (κ1) is 13.5. The van der Waals surface area contributed by atoms with Gasteiger partial charge in [0.25, 0.3) is 0 Å². The molecule has 0 N–H and O–H groups in total. The van der Waals surface area contributed by atoms with Crippen molar-refractivity contribution >= 4 is 0 Å². The van der Waals surface area contributed by atoms with Crippen LogP contribution in [0.25, 0.3) is 0 Å². The fraction of sp³-hybridized carbons (Fsp3) is 0.625. The molecule has 0 aromatic heterocycles. The molecule has 0 aliphatic carbocycles. The van der Waals surface area contributed by atoms with Gasteiger partial charge >= 0.3 is 0 Å². The number of piperidine rings is 1. The van der Waals surface area contributed by atoms with Crippen LogP contribution in [0.3, 0.4) is 0 Å². The van der Waals surface area contributed by atoms with Crippen LogP contribution in [-0.2, 0) is 6.42 Å². The summed E-state index contributed by atoms with van der Waals surface area (Å²) in [6.45, 7) is 7.72. The lowest BCUT2D eigenvalue weighted by atomic mass is 9.98. The minimum absolute atomic E-state index is 0.0716. The summed E-state index contributed by atoms with van der Waals surface area (Å²) >= 11 is 0. The Morgan fingerprint density at radius 3 is 2.61 bits per heavy atom. The molecule has 1 aromatic rings. The summed E-state index contributed by atoms with van der Waals surface area (Å²) in [7, 11) is 0. The van der Waals surface area contributed by atoms with E-state index in [0.717, 1.165) is 24.1 Å². The van der Waals surface area contributed by atoms with Crippen LogP contribution in [0.15, 0.2) is 18.2 Å². The third kappa shape index (κ3) is 3.81. The summed E-state index contributed by atoms with van der Waals surface area (Å²) < 4.78 is 13.5. The molecule has 1 saturated heterocycles. The zero-order valence-electron chi connectivity index (χ0n) is 11.6. The Morgan fingerprint density at radius 2 is 1.94 bits per heavy atom. The van der Waals surface area contributed by atoms with Crippen LogP contribution in [0.2, 0.25) is 0 Å². The van der Waals surface area contributed by atoms with Crippen molar-refractivity contribution < 1.29 is 4.39 Å². The van der Waals surface area contributed by atoms with E-state index in [1.165, 1.54) is 32.4 Å². The van der Waals surface area contributed by atoms with E-state index < -0.39 is 0 Å². The molecule has 1 aliphatic heterocycles. The van der Waals surface area contributed by atoms with Gasteiger partial charge in [-0.1, -0.05) is 25.5 Å². The number of nitrogens with zero attached hydrogens (tertiary/aromatic N) is 1. The van der Waals surface area contributed by atoms with Gasteiger partial charge in [0.1, 0.15) is 5.82 Å². The molecule has 2 rings (SSSR count). The highest BCUT2D eigenvalue weighted by Crippen LogP contribution is 2.16. The van der Waals surface area contributed by atoms with Crippen LogP contribution >= 0.6 is 0 Å². The van der Waals surface area contributed by atoms with Crippen LogP contribution < -0.4 is 0 Å². The fourth-order valence-corrected chi connectivity index (χ4v) is 2.81. The second kappa shape index (κ2) is 6.33. The van der Waals surface area contributed by atoms with Crippen molar-refractivity contribution in [3.05, 3.63) is 35.1 Å². The maximum atomic E-state index is 13.5. The lowest BCUT2D eigenvalue weighted by molar-refractivity contribution is 0.200. The van der Waals surface area contributed by atoms with Gasteiger partial charge in [0, 0.05) is 6.54 Å². The Bertz CT molecular complexity index is 383. The van der Waals surface area contributed by atoms with E-state index in [9.17, 15) is 4.39 Å². The van der Waals surface area contributed by atoms with Crippen molar-refractivity contribution in [1.29, 1.82) is 0 Å². The summed E-state index contributed by atoms with van der Waals surface area (Å²) in [5, 5.41) is 0. The van der Waals surface area contributed by atoms with Gasteiger partial charge in [-0.3, -0.25) is 0 Å². The van der Waals surface area contributed by atoms with Gasteiger partial charge in [-0.15, -0.1) is 0 Å². The number of hydrogen-bond donors (Lipinski definition) is 0. The van der Waals surface area contributed by atoms with Gasteiger partial charge in [-0.25, -0.2) is 4.39 Å². The summed E-state index contributed by atoms with van der Waals surface area (Å²) in [6.07, 6.45) is 5.04. The van der Waals surface area contributed by atoms with Gasteiger partial charge < -0.3 is 4.90 Å². The SMILES string of the molecule is Cc1ccc(CC(C)CN2CCCCC2)cc1F. The first-order chi connectivity index (χ1) is 8.65. The Balaban J connectivity index is 1.85. The number of benzene rings is 1. The quantitative estimate of drug-likeness (QED) is 0.784. The van der Waals surface area contributed by atoms with Crippen molar-refractivity contribution in [2.75, 3.05) is 19.6 Å². The zero-order chi connectivity index (χ0) is 13.0. The summed E-state index contributed by atoms with van der Waals surface area (Å²) in [4.78, 5) is 2.55. The minimum atomic E-state index is -0.0716. The van der Waals surface area contributed by atoms with Crippen LogP contribution in [0, 0.1) is 18.7 Å². The van der Waals surface area contributed by atoms with Gasteiger partial charge in [-0.05, 0) is 62.4 Å². The molecule has 1 atom stereocenters. The van der Waals surface area contributed by atoms with Crippen LogP contribution in [0.1, 0.15) is 37.3 Å². The number of rotatable bonds is 4. The highest BCUT2D eigenvalue weighted by molar-refractivity contribution is 5.23. The molecule has 100 valence electrons. The number of hydrogen-bond acceptors (Lipinski definition) is 1. The number of likely N-dealkylation sites (tertiary alicyclic amines) is 1. The first-order valence-corrected chi connectivity index (χ1v) is 7.12. The van der Waals surface area contributed by atoms with Crippen molar-refractivity contribution in [1.82, 2.24) is 4.90 Å². The standard InChI is InChI=1S/C16H24FN/c1-13(12-18-8-4-3-5-9-18)10-15-7-6-14(2)16(17)11-15/h6-7,11,13H,3-5,8-10,12H2,1-2H3. The molecule has 0 spiro atoms. The van der Waals surface area contributed by atoms with Crippen molar-refractivity contribution in [3.8, 4) is 0 Å². The van der Waals surface area contributed by atoms with E-state index >= 15 is 0 Å². The summed E-state index contributed by atoms with van der Waals surface area (Å²) in [5.74, 6) is 0.530. The van der Waals surface area contributed by atoms with Gasteiger partial charge in [0.2, 0.25) is 0 Å². The van der Waals surface area contributed by atoms with E-state index in [4.69, 9.17) is 0 Å². The second-order valence-corrected chi connectivity index (χ2v) is 5.75. The van der Waals surface area contributed by atoms with Crippen LogP contribution in [0.5, 0.6) is 0 Å². The fourth-order valence-electron chi connectivity index (χ4n) is 2.81. The summed E-state index contributed by atoms with van der Waals surface area (Å²) in [5.41, 5.74) is 1.87. The second-order valence-electron chi connectivity index (χ2n) is 5.75. The molecule has 1 nitrogen and oxygen atoms in total. The van der Waals surface area contributed by atoms with E-state index in [0.29, 0.717) is 5.92 Å². The minimum Gasteiger partial charge on any atom is -0.303 e. The number of aryl methyl sites for hydroxylation is 1. The lowest BCUT2D eigenvalue weighted by Crippen LogP contribution is -2.34. The monoisotopic (exact) mass is 249 g/mol. The summed E-state index contributed by atoms with van der Waals surface area (Å²) in [6, 6.07) is 5.64. The molecule has 2 heteroatoms. The highest BCUT2D eigenvalue weighted by Gasteiger charge is 2.14. The largest absolute Gasteiger partial charge is 0.303 e. The lowest BCUT2D eigenvalue weighted by Gasteiger charge is -2.29. The molecule has 0 saturated carbocycles. The molecule has 0 bridgehead atoms. The molecular weight excluding hydrogens is 225 g/mol. The Hall–Kier alpha value is -0.890. The Morgan fingerprint density at radius 1 is 1.22 bits per heavy atom. The maximum absolute atomic E-state index is 13.5. The predicted octanol–water partition coefficient (Wildman–Crippen LogP) is 3.80. The molecule has 1 aromatic carbocycles. The van der Waals surface area contributed by atoms with Gasteiger partial charge in [0.05, 0.1) is 0 Å². The van der Waals surface area contributed by atoms with Crippen molar-refractivity contribution in [2.24, 2.45) is 5.92 Å². The molecule has 1 fully saturated rings. The van der Waals surface area contributed by atoms with Crippen molar-refractivity contribution in [3.63, 3.8) is 0 Å². The molecule has 1 aliphatic rings. The first-order valence-electron chi connectivity index (χ1n) is 7.12. The third-order valence-electron chi connectivity index (χ3n) is 3.84. The number of halogens is 1. The average Bonchev–Trinajstić information content (AvgIpc) is 2.35. The smallest absolute Gasteiger partial charge is 0.126 e. The molecule has 0 amide bonds. The van der Waals surface area contributed by atoms with E-state index in [1.807, 2.05) is 13.0 Å². The normalized spacial score (nSPS) is 18.8. The molecular formula is C16H24FN. The zero-order valence-corrected chi connectivity index (χ0v) is 11.6. The van der Waals surface area contributed by atoms with Crippen LogP contribution in [-0.4, -0.2) is 24.5 Å². The van der Waals surface area contributed by atoms with Crippen LogP contribution in [0.4, 0.5) is 4.39 Å². The Labute approximate surface area is 110 Å². The topological polar surface area (TPSA) is 3.24 Å². The Kier molecular flexibility index (Phi) is 4.76. The van der Waals surface area contributed by atoms with E-state index in [-0.39, 0.29) is 5.82 Å².